The molecule has 0 aromatic heterocycles. The summed E-state index contributed by atoms with van der Waals surface area (Å²) in [5.74, 6) is -3.28. The van der Waals surface area contributed by atoms with Crippen LogP contribution in [0.25, 0.3) is 0 Å². The number of rotatable bonds is 19. The maximum absolute atomic E-state index is 12.6. The number of likely N-dealkylation sites (tertiary alicyclic amines) is 2. The van der Waals surface area contributed by atoms with Gasteiger partial charge in [-0.15, -0.1) is 63.0 Å². The van der Waals surface area contributed by atoms with Gasteiger partial charge in [0.25, 0.3) is 0 Å². The van der Waals surface area contributed by atoms with Crippen LogP contribution in [0.4, 0.5) is 0 Å². The molecule has 2 heterocycles. The second kappa shape index (κ2) is 20.2. The zero-order valence-corrected chi connectivity index (χ0v) is 32.9. The van der Waals surface area contributed by atoms with Crippen LogP contribution in [0, 0.1) is 0 Å². The highest BCUT2D eigenvalue weighted by Crippen LogP contribution is 2.17. The van der Waals surface area contributed by atoms with Gasteiger partial charge in [-0.3, -0.25) is 48.2 Å². The summed E-state index contributed by atoms with van der Waals surface area (Å²) in [6, 6.07) is -1.81. The van der Waals surface area contributed by atoms with Crippen molar-refractivity contribution in [1.29, 1.82) is 0 Å². The lowest BCUT2D eigenvalue weighted by Gasteiger charge is -2.21. The summed E-state index contributed by atoms with van der Waals surface area (Å²) in [6.07, 6.45) is -1.89. The van der Waals surface area contributed by atoms with E-state index in [0.29, 0.717) is 0 Å². The van der Waals surface area contributed by atoms with Crippen molar-refractivity contribution >= 4 is 119 Å². The van der Waals surface area contributed by atoms with Gasteiger partial charge in [0.2, 0.25) is 47.3 Å². The molecule has 0 aliphatic carbocycles. The first-order chi connectivity index (χ1) is 22.0. The third-order valence-corrected chi connectivity index (χ3v) is 8.22. The van der Waals surface area contributed by atoms with Gasteiger partial charge in [0, 0.05) is 44.8 Å². The minimum absolute atomic E-state index is 0.0287. The molecule has 8 amide bonds. The molecule has 2 fully saturated rings. The zero-order chi connectivity index (χ0) is 35.4. The van der Waals surface area contributed by atoms with E-state index in [1.807, 2.05) is 0 Å². The highest BCUT2D eigenvalue weighted by Gasteiger charge is 2.40. The molecular formula is C24H41B2I2N9O8P2. The Balaban J connectivity index is 1.69. The van der Waals surface area contributed by atoms with Crippen LogP contribution in [0.15, 0.2) is 0 Å². The molecule has 2 aliphatic rings. The highest BCUT2D eigenvalue weighted by molar-refractivity contribution is 14.1. The molecule has 47 heavy (non-hydrogen) atoms. The molecule has 0 spiro atoms. The van der Waals surface area contributed by atoms with Crippen LogP contribution in [-0.2, 0) is 38.4 Å². The predicted molar refractivity (Wildman–Crippen MR) is 198 cm³/mol. The molecule has 6 atom stereocenters. The van der Waals surface area contributed by atoms with E-state index in [1.54, 1.807) is 20.9 Å². The van der Waals surface area contributed by atoms with Crippen molar-refractivity contribution in [2.75, 3.05) is 20.1 Å². The summed E-state index contributed by atoms with van der Waals surface area (Å²) in [4.78, 5) is 101. The molecule has 0 aromatic carbocycles. The number of hydrogen-bond acceptors (Lipinski definition) is 11. The van der Waals surface area contributed by atoms with Crippen LogP contribution in [-0.4, -0.2) is 116 Å². The number of carbonyl (C=O) groups is 8. The van der Waals surface area contributed by atoms with Gasteiger partial charge < -0.3 is 37.0 Å². The largest absolute Gasteiger partial charge is 0.336 e. The first-order valence-corrected chi connectivity index (χ1v) is 18.7. The minimum atomic E-state index is -0.755. The van der Waals surface area contributed by atoms with E-state index in [0.717, 1.165) is 9.80 Å². The number of amides is 8. The van der Waals surface area contributed by atoms with Crippen LogP contribution in [0.1, 0.15) is 52.4 Å². The Kier molecular flexibility index (Phi) is 17.9. The fourth-order valence-corrected chi connectivity index (χ4v) is 6.26. The van der Waals surface area contributed by atoms with Crippen molar-refractivity contribution in [2.24, 2.45) is 0 Å². The van der Waals surface area contributed by atoms with Crippen molar-refractivity contribution < 1.29 is 38.4 Å². The maximum Gasteiger partial charge on any atom is 0.317 e. The molecule has 17 nitrogen and oxygen atoms in total. The first-order valence-electron chi connectivity index (χ1n) is 14.8. The molecule has 7 N–H and O–H groups in total. The fraction of sp³-hybridized carbons (Fsp3) is 0.667. The molecule has 0 bridgehead atoms. The number of carbonyl (C=O) groups excluding carboxylic acids is 8. The van der Waals surface area contributed by atoms with Gasteiger partial charge in [-0.2, -0.15) is 0 Å². The lowest BCUT2D eigenvalue weighted by Crippen LogP contribution is -2.50. The van der Waals surface area contributed by atoms with Crippen LogP contribution < -0.4 is 37.0 Å². The average Bonchev–Trinajstić information content (AvgIpc) is 3.36. The van der Waals surface area contributed by atoms with Crippen LogP contribution in [0.5, 0.6) is 0 Å². The van der Waals surface area contributed by atoms with Crippen LogP contribution in [0.3, 0.4) is 0 Å². The van der Waals surface area contributed by atoms with Crippen LogP contribution >= 0.6 is 63.0 Å². The van der Waals surface area contributed by atoms with Crippen molar-refractivity contribution in [2.45, 2.75) is 82.8 Å². The lowest BCUT2D eigenvalue weighted by molar-refractivity contribution is -0.141. The maximum atomic E-state index is 12.6. The zero-order valence-electron chi connectivity index (χ0n) is 26.3. The Bertz CT molecular complexity index is 1140. The van der Waals surface area contributed by atoms with E-state index in [1.165, 1.54) is 0 Å². The molecular weight excluding hydrogens is 880 g/mol. The second-order valence-corrected chi connectivity index (χ2v) is 17.8. The van der Waals surface area contributed by atoms with Gasteiger partial charge in [-0.05, 0) is 20.9 Å². The van der Waals surface area contributed by atoms with Gasteiger partial charge in [0.15, 0.2) is 0 Å². The SMILES string of the molecule is CNC(CC(=O)NC(C)NC(=O)CCN1C(=O)CC(NB(P)I)C1=O)CC(=O)NC(C)NC(=O)CCN1C(=O)CC(NB(P)I)C1=O. The quantitative estimate of drug-likeness (QED) is 0.0232. The van der Waals surface area contributed by atoms with Crippen molar-refractivity contribution in [3.05, 3.63) is 0 Å². The number of halogens is 2. The van der Waals surface area contributed by atoms with E-state index in [2.05, 4.69) is 100 Å². The Hall–Kier alpha value is -1.51. The number of nitrogens with zero attached hydrogens (tertiary/aromatic N) is 2. The summed E-state index contributed by atoms with van der Waals surface area (Å²) in [7, 11) is 6.56. The molecule has 0 aromatic rings. The molecule has 2 saturated heterocycles. The third-order valence-electron chi connectivity index (χ3n) is 7.12. The Morgan fingerprint density at radius 3 is 1.38 bits per heavy atom. The van der Waals surface area contributed by atoms with Gasteiger partial charge in [0.05, 0.1) is 37.3 Å². The van der Waals surface area contributed by atoms with Gasteiger partial charge in [-0.1, -0.05) is 0 Å². The second-order valence-electron chi connectivity index (χ2n) is 11.0. The van der Waals surface area contributed by atoms with E-state index < -0.39 is 54.1 Å². The molecule has 6 unspecified atom stereocenters. The Morgan fingerprint density at radius 1 is 0.723 bits per heavy atom. The van der Waals surface area contributed by atoms with Gasteiger partial charge in [-0.25, -0.2) is 0 Å². The molecule has 23 heteroatoms. The average molecular weight is 921 g/mol. The van der Waals surface area contributed by atoms with E-state index >= 15 is 0 Å². The molecule has 2 aliphatic heterocycles. The standard InChI is InChI=1S/C24H41B2I2N9O8P2/c1-12(30-17(38)4-6-36-21(42)10-15(23(36)44)34-25(27)46)32-19(40)8-14(29-3)9-20(41)33-13(2)31-18(39)5-7-37-22(43)11-16(24(37)45)35-26(28)47/h12-16,29,34-35H,4-11,46-47H2,1-3H3,(H,30,38)(H,31,39)(H,32,40)(H,33,41). The van der Waals surface area contributed by atoms with E-state index in [-0.39, 0.29) is 84.1 Å². The summed E-state index contributed by atoms with van der Waals surface area (Å²) >= 11 is 4.12. The van der Waals surface area contributed by atoms with Crippen molar-refractivity contribution in [1.82, 2.24) is 46.8 Å². The molecule has 0 radical (unpaired) electrons. The molecule has 2 rings (SSSR count). The van der Waals surface area contributed by atoms with Gasteiger partial charge in [0.1, 0.15) is 0 Å². The Labute approximate surface area is 305 Å². The Morgan fingerprint density at radius 2 is 1.06 bits per heavy atom. The normalized spacial score (nSPS) is 19.7. The predicted octanol–water partition coefficient (Wildman–Crippen LogP) is -2.68. The van der Waals surface area contributed by atoms with Crippen molar-refractivity contribution in [3.63, 3.8) is 0 Å². The van der Waals surface area contributed by atoms with E-state index in [4.69, 9.17) is 0 Å². The highest BCUT2D eigenvalue weighted by atomic mass is 127. The fourth-order valence-electron chi connectivity index (χ4n) is 4.93. The smallest absolute Gasteiger partial charge is 0.317 e. The third kappa shape index (κ3) is 14.5. The monoisotopic (exact) mass is 921 g/mol. The summed E-state index contributed by atoms with van der Waals surface area (Å²) in [6.45, 7) is 2.97. The van der Waals surface area contributed by atoms with Crippen molar-refractivity contribution in [3.8, 4) is 0 Å². The number of hydrogen-bond donors (Lipinski definition) is 7. The topological polar surface area (TPSA) is 227 Å². The molecule has 260 valence electrons. The lowest BCUT2D eigenvalue weighted by atomic mass is 10.1. The van der Waals surface area contributed by atoms with Gasteiger partial charge >= 0.3 is 8.85 Å². The van der Waals surface area contributed by atoms with E-state index in [9.17, 15) is 38.4 Å². The van der Waals surface area contributed by atoms with Crippen LogP contribution in [0.2, 0.25) is 0 Å². The number of imide groups is 2. The summed E-state index contributed by atoms with van der Waals surface area (Å²) < 4.78 is -0.175. The molecule has 0 saturated carbocycles. The minimum Gasteiger partial charge on any atom is -0.336 e. The summed E-state index contributed by atoms with van der Waals surface area (Å²) in [5, 5.41) is 19.3. The summed E-state index contributed by atoms with van der Waals surface area (Å²) in [5.41, 5.74) is 0. The number of nitrogens with one attached hydrogen (secondary N) is 7. The first kappa shape index (κ1) is 41.7.